The average molecular weight is 223 g/mol. The van der Waals surface area contributed by atoms with E-state index in [0.29, 0.717) is 6.54 Å². The molecule has 0 bridgehead atoms. The van der Waals surface area contributed by atoms with Gasteiger partial charge in [0.1, 0.15) is 0 Å². The summed E-state index contributed by atoms with van der Waals surface area (Å²) >= 11 is 0. The lowest BCUT2D eigenvalue weighted by Crippen LogP contribution is -2.24. The third-order valence-corrected chi connectivity index (χ3v) is 2.27. The maximum absolute atomic E-state index is 5.45. The van der Waals surface area contributed by atoms with Crippen molar-refractivity contribution in [3.05, 3.63) is 24.0 Å². The number of likely N-dealkylation sites (N-methyl/N-ethyl adjacent to an activating group) is 1. The van der Waals surface area contributed by atoms with Crippen LogP contribution >= 0.6 is 0 Å². The second-order valence-electron chi connectivity index (χ2n) is 4.02. The van der Waals surface area contributed by atoms with Gasteiger partial charge in [0.25, 0.3) is 0 Å². The first-order chi connectivity index (χ1) is 7.65. The van der Waals surface area contributed by atoms with Crippen molar-refractivity contribution in [2.45, 2.75) is 26.9 Å². The van der Waals surface area contributed by atoms with Gasteiger partial charge >= 0.3 is 0 Å². The number of rotatable bonds is 7. The van der Waals surface area contributed by atoms with E-state index in [-0.39, 0.29) is 0 Å². The van der Waals surface area contributed by atoms with Gasteiger partial charge in [-0.1, -0.05) is 24.3 Å². The van der Waals surface area contributed by atoms with E-state index in [0.717, 1.165) is 37.4 Å². The van der Waals surface area contributed by atoms with Gasteiger partial charge in [-0.2, -0.15) is 0 Å². The van der Waals surface area contributed by atoms with E-state index in [2.05, 4.69) is 28.7 Å². The van der Waals surface area contributed by atoms with Crippen LogP contribution in [0, 0.1) is 0 Å². The zero-order valence-corrected chi connectivity index (χ0v) is 10.2. The lowest BCUT2D eigenvalue weighted by Gasteiger charge is -2.18. The normalized spacial score (nSPS) is 11.0. The molecule has 1 heterocycles. The fraction of sp³-hybridized carbons (Fsp3) is 0.636. The van der Waals surface area contributed by atoms with Crippen molar-refractivity contribution in [3.8, 4) is 0 Å². The van der Waals surface area contributed by atoms with Gasteiger partial charge in [-0.05, 0) is 13.5 Å². The van der Waals surface area contributed by atoms with Crippen LogP contribution < -0.4 is 5.73 Å². The second kappa shape index (κ2) is 6.40. The van der Waals surface area contributed by atoms with Crippen LogP contribution in [0.5, 0.6) is 0 Å². The van der Waals surface area contributed by atoms with Crippen LogP contribution in [0.4, 0.5) is 0 Å². The van der Waals surface area contributed by atoms with E-state index in [1.54, 1.807) is 4.68 Å². The molecule has 0 amide bonds. The van der Waals surface area contributed by atoms with E-state index in [1.807, 2.05) is 13.1 Å². The smallest absolute Gasteiger partial charge is 0.0967 e. The quantitative estimate of drug-likeness (QED) is 0.689. The van der Waals surface area contributed by atoms with Crippen LogP contribution in [-0.2, 0) is 13.1 Å². The fourth-order valence-electron chi connectivity index (χ4n) is 1.54. The Bertz CT molecular complexity index is 331. The van der Waals surface area contributed by atoms with Crippen LogP contribution in [0.1, 0.15) is 19.5 Å². The second-order valence-corrected chi connectivity index (χ2v) is 4.02. The minimum absolute atomic E-state index is 0.589. The monoisotopic (exact) mass is 223 g/mol. The summed E-state index contributed by atoms with van der Waals surface area (Å²) in [6.45, 7) is 12.1. The molecule has 0 fully saturated rings. The van der Waals surface area contributed by atoms with Gasteiger partial charge < -0.3 is 5.73 Å². The maximum Gasteiger partial charge on any atom is 0.0967 e. The Morgan fingerprint density at radius 2 is 2.38 bits per heavy atom. The summed E-state index contributed by atoms with van der Waals surface area (Å²) in [5, 5.41) is 8.13. The van der Waals surface area contributed by atoms with Crippen LogP contribution in [-0.4, -0.2) is 39.5 Å². The van der Waals surface area contributed by atoms with Crippen molar-refractivity contribution in [2.75, 3.05) is 19.6 Å². The van der Waals surface area contributed by atoms with Crippen LogP contribution in [0.2, 0.25) is 0 Å². The van der Waals surface area contributed by atoms with Crippen LogP contribution in [0.3, 0.4) is 0 Å². The molecular weight excluding hydrogens is 202 g/mol. The van der Waals surface area contributed by atoms with Gasteiger partial charge in [0.15, 0.2) is 0 Å². The molecule has 5 heteroatoms. The van der Waals surface area contributed by atoms with E-state index in [1.165, 1.54) is 0 Å². The Hall–Kier alpha value is -1.20. The highest BCUT2D eigenvalue weighted by Crippen LogP contribution is 2.03. The van der Waals surface area contributed by atoms with Gasteiger partial charge in [0.2, 0.25) is 0 Å². The van der Waals surface area contributed by atoms with Crippen molar-refractivity contribution in [1.29, 1.82) is 0 Å². The predicted molar refractivity (Wildman–Crippen MR) is 64.8 cm³/mol. The molecule has 0 aliphatic carbocycles. The molecule has 0 spiro atoms. The first kappa shape index (κ1) is 12.9. The predicted octanol–water partition coefficient (Wildman–Crippen LogP) is 0.635. The molecule has 0 unspecified atom stereocenters. The largest absolute Gasteiger partial charge is 0.329 e. The number of hydrogen-bond acceptors (Lipinski definition) is 4. The number of hydrogen-bond donors (Lipinski definition) is 1. The third kappa shape index (κ3) is 4.12. The Morgan fingerprint density at radius 3 is 2.94 bits per heavy atom. The fourth-order valence-corrected chi connectivity index (χ4v) is 1.54. The first-order valence-electron chi connectivity index (χ1n) is 5.61. The number of aromatic nitrogens is 3. The van der Waals surface area contributed by atoms with Crippen molar-refractivity contribution in [3.63, 3.8) is 0 Å². The summed E-state index contributed by atoms with van der Waals surface area (Å²) in [5.74, 6) is 0. The van der Waals surface area contributed by atoms with Crippen molar-refractivity contribution in [2.24, 2.45) is 5.73 Å². The van der Waals surface area contributed by atoms with Gasteiger partial charge in [-0.15, -0.1) is 5.10 Å². The summed E-state index contributed by atoms with van der Waals surface area (Å²) in [4.78, 5) is 2.28. The third-order valence-electron chi connectivity index (χ3n) is 2.27. The van der Waals surface area contributed by atoms with Crippen molar-refractivity contribution >= 4 is 0 Å². The highest BCUT2D eigenvalue weighted by atomic mass is 15.4. The summed E-state index contributed by atoms with van der Waals surface area (Å²) < 4.78 is 1.78. The SMILES string of the molecule is C=C(C)CN(CC)Cc1cn(CCN)nn1. The Kier molecular flexibility index (Phi) is 5.14. The van der Waals surface area contributed by atoms with E-state index < -0.39 is 0 Å². The molecule has 1 aromatic heterocycles. The molecule has 2 N–H and O–H groups in total. The molecule has 0 atom stereocenters. The zero-order valence-electron chi connectivity index (χ0n) is 10.2. The summed E-state index contributed by atoms with van der Waals surface area (Å²) in [6.07, 6.45) is 1.95. The van der Waals surface area contributed by atoms with E-state index in [4.69, 9.17) is 5.73 Å². The molecule has 0 aliphatic heterocycles. The molecule has 1 rings (SSSR count). The molecule has 0 radical (unpaired) electrons. The summed E-state index contributed by atoms with van der Waals surface area (Å²) in [7, 11) is 0. The van der Waals surface area contributed by atoms with Crippen LogP contribution in [0.25, 0.3) is 0 Å². The summed E-state index contributed by atoms with van der Waals surface area (Å²) in [6, 6.07) is 0. The van der Waals surface area contributed by atoms with Gasteiger partial charge in [-0.3, -0.25) is 9.58 Å². The minimum Gasteiger partial charge on any atom is -0.329 e. The van der Waals surface area contributed by atoms with E-state index >= 15 is 0 Å². The zero-order chi connectivity index (χ0) is 12.0. The Balaban J connectivity index is 2.52. The topological polar surface area (TPSA) is 60.0 Å². The minimum atomic E-state index is 0.589. The van der Waals surface area contributed by atoms with Gasteiger partial charge in [0, 0.05) is 25.8 Å². The van der Waals surface area contributed by atoms with Gasteiger partial charge in [-0.25, -0.2) is 0 Å². The van der Waals surface area contributed by atoms with Crippen molar-refractivity contribution < 1.29 is 0 Å². The van der Waals surface area contributed by atoms with Gasteiger partial charge in [0.05, 0.1) is 12.2 Å². The molecule has 0 aliphatic rings. The summed E-state index contributed by atoms with van der Waals surface area (Å²) in [5.41, 5.74) is 7.60. The lowest BCUT2D eigenvalue weighted by molar-refractivity contribution is 0.300. The number of nitrogens with zero attached hydrogens (tertiary/aromatic N) is 4. The lowest BCUT2D eigenvalue weighted by atomic mass is 10.3. The standard InChI is InChI=1S/C11H21N5/c1-4-15(7-10(2)3)8-11-9-16(6-5-12)14-13-11/h9H,2,4-8,12H2,1,3H3. The molecule has 16 heavy (non-hydrogen) atoms. The maximum atomic E-state index is 5.45. The highest BCUT2D eigenvalue weighted by molar-refractivity contribution is 4.96. The molecule has 0 saturated heterocycles. The molecule has 1 aromatic rings. The molecular formula is C11H21N5. The molecule has 0 aromatic carbocycles. The Morgan fingerprint density at radius 1 is 1.62 bits per heavy atom. The first-order valence-corrected chi connectivity index (χ1v) is 5.61. The average Bonchev–Trinajstić information content (AvgIpc) is 2.64. The van der Waals surface area contributed by atoms with Crippen LogP contribution in [0.15, 0.2) is 18.3 Å². The van der Waals surface area contributed by atoms with E-state index in [9.17, 15) is 0 Å². The number of nitrogens with two attached hydrogens (primary N) is 1. The highest BCUT2D eigenvalue weighted by Gasteiger charge is 2.07. The Labute approximate surface area is 96.9 Å². The molecule has 90 valence electrons. The van der Waals surface area contributed by atoms with Crippen molar-refractivity contribution in [1.82, 2.24) is 19.9 Å². The molecule has 0 saturated carbocycles. The molecule has 5 nitrogen and oxygen atoms in total.